The largest absolute Gasteiger partial charge is 0.365 e. The maximum atomic E-state index is 12.2. The molecule has 0 saturated carbocycles. The number of carbonyl (C=O) groups excluding carboxylic acids is 1. The Hall–Kier alpha value is -1.45. The molecule has 2 aliphatic rings. The standard InChI is InChI=1S/C14H22N4O4S/c1-14(4-3-7-22-14)13(19)15-9-11-8-12-10-17(23(2,20)21)5-6-18(12)16-11/h8H,3-7,9-10H2,1-2H3,(H,15,19)/t14-/m0/s1. The molecule has 1 atom stereocenters. The molecule has 1 aromatic heterocycles. The number of hydrogen-bond donors (Lipinski definition) is 1. The lowest BCUT2D eigenvalue weighted by Crippen LogP contribution is -2.43. The van der Waals surface area contributed by atoms with Crippen LogP contribution in [0.2, 0.25) is 0 Å². The molecule has 3 rings (SSSR count). The van der Waals surface area contributed by atoms with Crippen molar-refractivity contribution in [2.75, 3.05) is 19.4 Å². The zero-order chi connectivity index (χ0) is 16.7. The smallest absolute Gasteiger partial charge is 0.252 e. The molecule has 0 aromatic carbocycles. The maximum absolute atomic E-state index is 12.2. The van der Waals surface area contributed by atoms with Crippen LogP contribution in [0.15, 0.2) is 6.07 Å². The summed E-state index contributed by atoms with van der Waals surface area (Å²) in [7, 11) is -3.20. The van der Waals surface area contributed by atoms with Crippen LogP contribution in [0.5, 0.6) is 0 Å². The molecule has 0 radical (unpaired) electrons. The average Bonchev–Trinajstić information content (AvgIpc) is 3.09. The zero-order valence-electron chi connectivity index (χ0n) is 13.4. The number of nitrogens with one attached hydrogen (secondary N) is 1. The maximum Gasteiger partial charge on any atom is 0.252 e. The topological polar surface area (TPSA) is 93.5 Å². The Morgan fingerprint density at radius 3 is 2.91 bits per heavy atom. The number of sulfonamides is 1. The molecule has 23 heavy (non-hydrogen) atoms. The van der Waals surface area contributed by atoms with Gasteiger partial charge in [-0.15, -0.1) is 0 Å². The third-order valence-corrected chi connectivity index (χ3v) is 5.66. The SMILES string of the molecule is C[C@@]1(C(=O)NCc2cc3n(n2)CCN(S(C)(=O)=O)C3)CCCO1. The highest BCUT2D eigenvalue weighted by Crippen LogP contribution is 2.25. The molecule has 1 amide bonds. The Bertz CT molecular complexity index is 706. The van der Waals surface area contributed by atoms with E-state index in [4.69, 9.17) is 4.74 Å². The zero-order valence-corrected chi connectivity index (χ0v) is 14.2. The number of nitrogens with zero attached hydrogens (tertiary/aromatic N) is 3. The van der Waals surface area contributed by atoms with Crippen molar-refractivity contribution in [2.24, 2.45) is 0 Å². The minimum absolute atomic E-state index is 0.126. The lowest BCUT2D eigenvalue weighted by atomic mass is 10.0. The molecule has 8 nitrogen and oxygen atoms in total. The highest BCUT2D eigenvalue weighted by Gasteiger charge is 2.37. The van der Waals surface area contributed by atoms with E-state index < -0.39 is 15.6 Å². The first-order chi connectivity index (χ1) is 10.8. The second-order valence-electron chi connectivity index (χ2n) is 6.31. The molecule has 128 valence electrons. The summed E-state index contributed by atoms with van der Waals surface area (Å²) in [5.74, 6) is -0.126. The van der Waals surface area contributed by atoms with Gasteiger partial charge in [-0.25, -0.2) is 8.42 Å². The van der Waals surface area contributed by atoms with E-state index in [1.54, 1.807) is 11.6 Å². The lowest BCUT2D eigenvalue weighted by Gasteiger charge is -2.25. The molecule has 1 fully saturated rings. The van der Waals surface area contributed by atoms with Gasteiger partial charge in [-0.2, -0.15) is 9.40 Å². The van der Waals surface area contributed by atoms with E-state index in [-0.39, 0.29) is 5.91 Å². The molecule has 2 aliphatic heterocycles. The van der Waals surface area contributed by atoms with Gasteiger partial charge in [-0.1, -0.05) is 0 Å². The lowest BCUT2D eigenvalue weighted by molar-refractivity contribution is -0.139. The molecular formula is C14H22N4O4S. The van der Waals surface area contributed by atoms with Crippen LogP contribution in [0.25, 0.3) is 0 Å². The third kappa shape index (κ3) is 3.41. The van der Waals surface area contributed by atoms with Crippen molar-refractivity contribution in [3.63, 3.8) is 0 Å². The number of hydrogen-bond acceptors (Lipinski definition) is 5. The van der Waals surface area contributed by atoms with Gasteiger partial charge in [-0.3, -0.25) is 9.48 Å². The normalized spacial score (nSPS) is 25.3. The van der Waals surface area contributed by atoms with E-state index in [0.29, 0.717) is 32.8 Å². The Morgan fingerprint density at radius 1 is 1.48 bits per heavy atom. The highest BCUT2D eigenvalue weighted by molar-refractivity contribution is 7.88. The number of amides is 1. The van der Waals surface area contributed by atoms with Crippen LogP contribution in [-0.2, 0) is 39.2 Å². The summed E-state index contributed by atoms with van der Waals surface area (Å²) in [6.07, 6.45) is 2.83. The molecule has 1 N–H and O–H groups in total. The van der Waals surface area contributed by atoms with Gasteiger partial charge in [0.25, 0.3) is 5.91 Å². The number of rotatable bonds is 4. The molecular weight excluding hydrogens is 320 g/mol. The van der Waals surface area contributed by atoms with Crippen molar-refractivity contribution in [1.82, 2.24) is 19.4 Å². The van der Waals surface area contributed by atoms with Gasteiger partial charge in [0.05, 0.1) is 37.3 Å². The van der Waals surface area contributed by atoms with E-state index in [2.05, 4.69) is 10.4 Å². The summed E-state index contributed by atoms with van der Waals surface area (Å²) in [5.41, 5.74) is 0.825. The minimum Gasteiger partial charge on any atom is -0.365 e. The van der Waals surface area contributed by atoms with Gasteiger partial charge in [0.1, 0.15) is 5.60 Å². The highest BCUT2D eigenvalue weighted by atomic mass is 32.2. The second kappa shape index (κ2) is 5.88. The van der Waals surface area contributed by atoms with Crippen molar-refractivity contribution < 1.29 is 17.9 Å². The van der Waals surface area contributed by atoms with Crippen molar-refractivity contribution >= 4 is 15.9 Å². The van der Waals surface area contributed by atoms with Crippen LogP contribution in [0, 0.1) is 0 Å². The number of aromatic nitrogens is 2. The molecule has 0 unspecified atom stereocenters. The molecule has 1 saturated heterocycles. The van der Waals surface area contributed by atoms with E-state index >= 15 is 0 Å². The molecule has 0 aliphatic carbocycles. The molecule has 9 heteroatoms. The van der Waals surface area contributed by atoms with E-state index in [0.717, 1.165) is 24.2 Å². The summed E-state index contributed by atoms with van der Waals surface area (Å²) in [6, 6.07) is 1.84. The number of fused-ring (bicyclic) bond motifs is 1. The minimum atomic E-state index is -3.20. The van der Waals surface area contributed by atoms with Crippen LogP contribution in [0.4, 0.5) is 0 Å². The van der Waals surface area contributed by atoms with Crippen molar-refractivity contribution in [3.8, 4) is 0 Å². The molecule has 0 bridgehead atoms. The van der Waals surface area contributed by atoms with Crippen LogP contribution >= 0.6 is 0 Å². The molecule has 0 spiro atoms. The summed E-state index contributed by atoms with van der Waals surface area (Å²) in [6.45, 7) is 4.00. The van der Waals surface area contributed by atoms with Crippen LogP contribution in [-0.4, -0.2) is 53.4 Å². The Morgan fingerprint density at radius 2 is 2.26 bits per heavy atom. The van der Waals surface area contributed by atoms with Crippen molar-refractivity contribution in [3.05, 3.63) is 17.5 Å². The van der Waals surface area contributed by atoms with Gasteiger partial charge in [-0.05, 0) is 25.8 Å². The molecule has 1 aromatic rings. The Labute approximate surface area is 135 Å². The van der Waals surface area contributed by atoms with E-state index in [9.17, 15) is 13.2 Å². The second-order valence-corrected chi connectivity index (χ2v) is 8.29. The third-order valence-electron chi connectivity index (χ3n) is 4.41. The Balaban J connectivity index is 1.63. The van der Waals surface area contributed by atoms with Crippen LogP contribution < -0.4 is 5.32 Å². The Kier molecular flexibility index (Phi) is 4.19. The fraction of sp³-hybridized carbons (Fsp3) is 0.714. The van der Waals surface area contributed by atoms with Gasteiger partial charge in [0, 0.05) is 13.2 Å². The monoisotopic (exact) mass is 342 g/mol. The quantitative estimate of drug-likeness (QED) is 0.821. The van der Waals surface area contributed by atoms with E-state index in [1.807, 2.05) is 6.07 Å². The number of ether oxygens (including phenoxy) is 1. The first-order valence-electron chi connectivity index (χ1n) is 7.71. The number of carbonyl (C=O) groups is 1. The van der Waals surface area contributed by atoms with Gasteiger partial charge >= 0.3 is 0 Å². The molecule has 3 heterocycles. The summed E-state index contributed by atoms with van der Waals surface area (Å²) < 4.78 is 32.0. The van der Waals surface area contributed by atoms with Crippen LogP contribution in [0.1, 0.15) is 31.2 Å². The van der Waals surface area contributed by atoms with Crippen molar-refractivity contribution in [1.29, 1.82) is 0 Å². The van der Waals surface area contributed by atoms with Crippen molar-refractivity contribution in [2.45, 2.75) is 45.0 Å². The summed E-state index contributed by atoms with van der Waals surface area (Å²) >= 11 is 0. The fourth-order valence-corrected chi connectivity index (χ4v) is 3.77. The first kappa shape index (κ1) is 16.4. The average molecular weight is 342 g/mol. The van der Waals surface area contributed by atoms with Crippen LogP contribution in [0.3, 0.4) is 0 Å². The summed E-state index contributed by atoms with van der Waals surface area (Å²) in [4.78, 5) is 12.2. The predicted molar refractivity (Wildman–Crippen MR) is 82.9 cm³/mol. The predicted octanol–water partition coefficient (Wildman–Crippen LogP) is -0.156. The summed E-state index contributed by atoms with van der Waals surface area (Å²) in [5, 5.41) is 7.29. The first-order valence-corrected chi connectivity index (χ1v) is 9.56. The van der Waals surface area contributed by atoms with E-state index in [1.165, 1.54) is 10.6 Å². The van der Waals surface area contributed by atoms with Gasteiger partial charge < -0.3 is 10.1 Å². The van der Waals surface area contributed by atoms with Gasteiger partial charge in [0.2, 0.25) is 10.0 Å². The fourth-order valence-electron chi connectivity index (χ4n) is 2.99. The van der Waals surface area contributed by atoms with Gasteiger partial charge in [0.15, 0.2) is 0 Å².